The first-order valence-corrected chi connectivity index (χ1v) is 7.96. The van der Waals surface area contributed by atoms with Crippen LogP contribution >= 0.6 is 27.3 Å². The molecule has 1 rings (SSSR count). The number of nitrogens with one attached hydrogen (secondary N) is 1. The smallest absolute Gasteiger partial charge is 0.0897 e. The number of hydrogen-bond donors (Lipinski definition) is 2. The SMILES string of the molecule is COCC(C)OCC(O)CNCCc1ccc(Br)s1. The first-order valence-electron chi connectivity index (χ1n) is 6.35. The lowest BCUT2D eigenvalue weighted by Crippen LogP contribution is -2.33. The molecule has 110 valence electrons. The standard InChI is InChI=1S/C13H22BrNO3S/c1-10(8-17-2)18-9-11(16)7-15-6-5-12-3-4-13(14)19-12/h3-4,10-11,15-16H,5-9H2,1-2H3. The quantitative estimate of drug-likeness (QED) is 0.633. The van der Waals surface area contributed by atoms with Crippen molar-refractivity contribution in [2.75, 3.05) is 33.4 Å². The van der Waals surface area contributed by atoms with Gasteiger partial charge in [-0.3, -0.25) is 0 Å². The van der Waals surface area contributed by atoms with E-state index in [1.165, 1.54) is 4.88 Å². The predicted octanol–water partition coefficient (Wildman–Crippen LogP) is 2.06. The molecule has 0 saturated carbocycles. The number of ether oxygens (including phenoxy) is 2. The summed E-state index contributed by atoms with van der Waals surface area (Å²) in [5.74, 6) is 0. The summed E-state index contributed by atoms with van der Waals surface area (Å²) in [5.41, 5.74) is 0. The van der Waals surface area contributed by atoms with Crippen molar-refractivity contribution in [2.45, 2.75) is 25.6 Å². The minimum atomic E-state index is -0.477. The maximum Gasteiger partial charge on any atom is 0.0897 e. The van der Waals surface area contributed by atoms with E-state index < -0.39 is 6.10 Å². The molecular weight excluding hydrogens is 330 g/mol. The number of hydrogen-bond acceptors (Lipinski definition) is 5. The number of rotatable bonds is 10. The first-order chi connectivity index (χ1) is 9.11. The van der Waals surface area contributed by atoms with E-state index in [4.69, 9.17) is 9.47 Å². The molecule has 2 N–H and O–H groups in total. The molecule has 1 heterocycles. The molecule has 0 aliphatic rings. The zero-order valence-electron chi connectivity index (χ0n) is 11.4. The molecule has 0 aromatic carbocycles. The maximum absolute atomic E-state index is 9.73. The van der Waals surface area contributed by atoms with Gasteiger partial charge in [0.05, 0.1) is 29.2 Å². The minimum Gasteiger partial charge on any atom is -0.389 e. The monoisotopic (exact) mass is 351 g/mol. The normalized spacial score (nSPS) is 14.5. The van der Waals surface area contributed by atoms with Gasteiger partial charge in [-0.25, -0.2) is 0 Å². The summed E-state index contributed by atoms with van der Waals surface area (Å²) < 4.78 is 11.6. The molecule has 0 fully saturated rings. The summed E-state index contributed by atoms with van der Waals surface area (Å²) in [6, 6.07) is 4.17. The van der Waals surface area contributed by atoms with Gasteiger partial charge in [0, 0.05) is 25.1 Å². The average molecular weight is 352 g/mol. The van der Waals surface area contributed by atoms with Crippen LogP contribution in [0.3, 0.4) is 0 Å². The highest BCUT2D eigenvalue weighted by molar-refractivity contribution is 9.11. The third kappa shape index (κ3) is 8.02. The predicted molar refractivity (Wildman–Crippen MR) is 81.9 cm³/mol. The van der Waals surface area contributed by atoms with Gasteiger partial charge in [-0.2, -0.15) is 0 Å². The van der Waals surface area contributed by atoms with E-state index in [1.54, 1.807) is 18.4 Å². The summed E-state index contributed by atoms with van der Waals surface area (Å²) in [7, 11) is 1.64. The summed E-state index contributed by atoms with van der Waals surface area (Å²) in [6.07, 6.45) is 0.515. The first kappa shape index (κ1) is 17.1. The molecule has 0 bridgehead atoms. The molecular formula is C13H22BrNO3S. The lowest BCUT2D eigenvalue weighted by molar-refractivity contribution is -0.0309. The zero-order valence-corrected chi connectivity index (χ0v) is 13.8. The summed E-state index contributed by atoms with van der Waals surface area (Å²) in [4.78, 5) is 1.33. The Morgan fingerprint density at radius 2 is 2.21 bits per heavy atom. The molecule has 0 aliphatic carbocycles. The number of thiophene rings is 1. The molecule has 4 nitrogen and oxygen atoms in total. The molecule has 0 aliphatic heterocycles. The lowest BCUT2D eigenvalue weighted by atomic mass is 10.3. The Bertz CT molecular complexity index is 348. The van der Waals surface area contributed by atoms with E-state index >= 15 is 0 Å². The van der Waals surface area contributed by atoms with Crippen molar-refractivity contribution < 1.29 is 14.6 Å². The third-order valence-electron chi connectivity index (χ3n) is 2.53. The Morgan fingerprint density at radius 1 is 1.42 bits per heavy atom. The number of methoxy groups -OCH3 is 1. The van der Waals surface area contributed by atoms with Crippen LogP contribution in [0, 0.1) is 0 Å². The van der Waals surface area contributed by atoms with Crippen molar-refractivity contribution in [2.24, 2.45) is 0 Å². The third-order valence-corrected chi connectivity index (χ3v) is 4.21. The van der Waals surface area contributed by atoms with Crippen molar-refractivity contribution in [3.8, 4) is 0 Å². The van der Waals surface area contributed by atoms with Crippen LogP contribution in [0.2, 0.25) is 0 Å². The molecule has 0 spiro atoms. The molecule has 0 radical (unpaired) electrons. The number of aliphatic hydroxyl groups is 1. The Labute approximate surface area is 127 Å². The van der Waals surface area contributed by atoms with E-state index in [1.807, 2.05) is 6.92 Å². The van der Waals surface area contributed by atoms with Crippen LogP contribution < -0.4 is 5.32 Å². The Kier molecular flexibility index (Phi) is 8.85. The van der Waals surface area contributed by atoms with Crippen molar-refractivity contribution >= 4 is 27.3 Å². The van der Waals surface area contributed by atoms with Crippen LogP contribution in [-0.2, 0) is 15.9 Å². The number of halogens is 1. The van der Waals surface area contributed by atoms with E-state index in [-0.39, 0.29) is 6.10 Å². The van der Waals surface area contributed by atoms with Crippen LogP contribution in [0.25, 0.3) is 0 Å². The van der Waals surface area contributed by atoms with Gasteiger partial charge in [0.25, 0.3) is 0 Å². The summed E-state index contributed by atoms with van der Waals surface area (Å²) in [5, 5.41) is 13.0. The molecule has 1 aromatic rings. The second kappa shape index (κ2) is 9.85. The highest BCUT2D eigenvalue weighted by Crippen LogP contribution is 2.21. The fourth-order valence-corrected chi connectivity index (χ4v) is 3.07. The van der Waals surface area contributed by atoms with Crippen LogP contribution in [-0.4, -0.2) is 50.7 Å². The second-order valence-electron chi connectivity index (χ2n) is 4.41. The van der Waals surface area contributed by atoms with Gasteiger partial charge in [-0.1, -0.05) is 0 Å². The van der Waals surface area contributed by atoms with Crippen LogP contribution in [0.15, 0.2) is 15.9 Å². The molecule has 2 atom stereocenters. The average Bonchev–Trinajstić information content (AvgIpc) is 2.78. The van der Waals surface area contributed by atoms with Crippen LogP contribution in [0.1, 0.15) is 11.8 Å². The van der Waals surface area contributed by atoms with Gasteiger partial charge in [-0.15, -0.1) is 11.3 Å². The van der Waals surface area contributed by atoms with Gasteiger partial charge in [0.15, 0.2) is 0 Å². The highest BCUT2D eigenvalue weighted by Gasteiger charge is 2.07. The lowest BCUT2D eigenvalue weighted by Gasteiger charge is -2.16. The molecule has 6 heteroatoms. The highest BCUT2D eigenvalue weighted by atomic mass is 79.9. The second-order valence-corrected chi connectivity index (χ2v) is 6.96. The van der Waals surface area contributed by atoms with Gasteiger partial charge in [0.2, 0.25) is 0 Å². The molecule has 19 heavy (non-hydrogen) atoms. The van der Waals surface area contributed by atoms with Gasteiger partial charge >= 0.3 is 0 Å². The fourth-order valence-electron chi connectivity index (χ4n) is 1.58. The van der Waals surface area contributed by atoms with Gasteiger partial charge in [-0.05, 0) is 41.4 Å². The van der Waals surface area contributed by atoms with Crippen molar-refractivity contribution in [3.63, 3.8) is 0 Å². The Balaban J connectivity index is 2.02. The summed E-state index contributed by atoms with van der Waals surface area (Å²) >= 11 is 5.18. The van der Waals surface area contributed by atoms with E-state index in [0.29, 0.717) is 19.8 Å². The Hall–Kier alpha value is 0.0200. The topological polar surface area (TPSA) is 50.7 Å². The van der Waals surface area contributed by atoms with Gasteiger partial charge in [0.1, 0.15) is 0 Å². The largest absolute Gasteiger partial charge is 0.389 e. The van der Waals surface area contributed by atoms with E-state index in [2.05, 4.69) is 33.4 Å². The fraction of sp³-hybridized carbons (Fsp3) is 0.692. The molecule has 0 saturated heterocycles. The van der Waals surface area contributed by atoms with Crippen molar-refractivity contribution in [3.05, 3.63) is 20.8 Å². The van der Waals surface area contributed by atoms with Gasteiger partial charge < -0.3 is 19.9 Å². The van der Waals surface area contributed by atoms with Crippen LogP contribution in [0.4, 0.5) is 0 Å². The Morgan fingerprint density at radius 3 is 2.84 bits per heavy atom. The molecule has 1 aromatic heterocycles. The maximum atomic E-state index is 9.73. The van der Waals surface area contributed by atoms with E-state index in [9.17, 15) is 5.11 Å². The van der Waals surface area contributed by atoms with Crippen molar-refractivity contribution in [1.82, 2.24) is 5.32 Å². The minimum absolute atomic E-state index is 0.0168. The molecule has 0 amide bonds. The number of aliphatic hydroxyl groups excluding tert-OH is 1. The van der Waals surface area contributed by atoms with Crippen molar-refractivity contribution in [1.29, 1.82) is 0 Å². The van der Waals surface area contributed by atoms with Crippen LogP contribution in [0.5, 0.6) is 0 Å². The molecule has 2 unspecified atom stereocenters. The zero-order chi connectivity index (χ0) is 14.1. The summed E-state index contributed by atoms with van der Waals surface area (Å²) in [6.45, 7) is 4.22. The van der Waals surface area contributed by atoms with E-state index in [0.717, 1.165) is 16.8 Å².